The number of aromatic carboxylic acids is 1. The van der Waals surface area contributed by atoms with Crippen LogP contribution in [-0.2, 0) is 4.79 Å². The van der Waals surface area contributed by atoms with Crippen molar-refractivity contribution in [3.05, 3.63) is 65.2 Å². The molecule has 6 heteroatoms. The lowest BCUT2D eigenvalue weighted by molar-refractivity contribution is -0.255. The zero-order chi connectivity index (χ0) is 16.7. The van der Waals surface area contributed by atoms with Gasteiger partial charge in [-0.05, 0) is 35.7 Å². The number of nitrogens with zero attached hydrogens (tertiary/aromatic N) is 1. The summed E-state index contributed by atoms with van der Waals surface area (Å²) in [5.41, 5.74) is 4.10. The molecule has 6 nitrogen and oxygen atoms in total. The Morgan fingerprint density at radius 2 is 1.96 bits per heavy atom. The SMILES string of the molecule is Cc1cccc(OCC(=O)N/N=C\c2ccc(C(=O)[O-])cc2)c1. The molecule has 0 saturated carbocycles. The maximum absolute atomic E-state index is 11.6. The van der Waals surface area contributed by atoms with Crippen LogP contribution >= 0.6 is 0 Å². The van der Waals surface area contributed by atoms with E-state index in [1.807, 2.05) is 25.1 Å². The summed E-state index contributed by atoms with van der Waals surface area (Å²) in [6, 6.07) is 13.3. The van der Waals surface area contributed by atoms with Crippen molar-refractivity contribution in [1.29, 1.82) is 0 Å². The number of amides is 1. The summed E-state index contributed by atoms with van der Waals surface area (Å²) in [4.78, 5) is 22.2. The van der Waals surface area contributed by atoms with Crippen molar-refractivity contribution in [3.8, 4) is 5.75 Å². The molecule has 0 unspecified atom stereocenters. The number of benzene rings is 2. The highest BCUT2D eigenvalue weighted by molar-refractivity contribution is 5.88. The summed E-state index contributed by atoms with van der Waals surface area (Å²) in [5, 5.41) is 14.4. The van der Waals surface area contributed by atoms with Crippen LogP contribution in [0.25, 0.3) is 0 Å². The number of carbonyl (C=O) groups excluding carboxylic acids is 2. The molecule has 1 N–H and O–H groups in total. The largest absolute Gasteiger partial charge is 0.545 e. The first-order valence-electron chi connectivity index (χ1n) is 6.87. The number of hydrogen-bond acceptors (Lipinski definition) is 5. The van der Waals surface area contributed by atoms with E-state index in [1.54, 1.807) is 18.2 Å². The quantitative estimate of drug-likeness (QED) is 0.633. The number of ether oxygens (including phenoxy) is 1. The Bertz CT molecular complexity index is 724. The molecule has 0 fully saturated rings. The minimum absolute atomic E-state index is 0.0812. The van der Waals surface area contributed by atoms with Crippen molar-refractivity contribution in [2.24, 2.45) is 5.10 Å². The number of carboxylic acids is 1. The van der Waals surface area contributed by atoms with Gasteiger partial charge in [0.1, 0.15) is 5.75 Å². The van der Waals surface area contributed by atoms with E-state index < -0.39 is 11.9 Å². The Hall–Kier alpha value is -3.15. The predicted octanol–water partition coefficient (Wildman–Crippen LogP) is 0.888. The standard InChI is InChI=1S/C17H16N2O4/c1-12-3-2-4-15(9-12)23-11-16(20)19-18-10-13-5-7-14(8-6-13)17(21)22/h2-10H,11H2,1H3,(H,19,20)(H,21,22)/p-1/b18-10-. The van der Waals surface area contributed by atoms with Crippen LogP contribution < -0.4 is 15.3 Å². The Kier molecular flexibility index (Phi) is 5.46. The first kappa shape index (κ1) is 16.2. The third kappa shape index (κ3) is 5.28. The fourth-order valence-electron chi connectivity index (χ4n) is 1.77. The van der Waals surface area contributed by atoms with Crippen LogP contribution in [0.2, 0.25) is 0 Å². The Balaban J connectivity index is 1.80. The molecule has 0 radical (unpaired) electrons. The number of nitrogens with one attached hydrogen (secondary N) is 1. The number of rotatable bonds is 6. The molecule has 2 aromatic carbocycles. The summed E-state index contributed by atoms with van der Waals surface area (Å²) in [6.07, 6.45) is 1.41. The molecule has 0 aliphatic heterocycles. The lowest BCUT2D eigenvalue weighted by Crippen LogP contribution is -2.24. The highest BCUT2D eigenvalue weighted by Gasteiger charge is 2.01. The van der Waals surface area contributed by atoms with Crippen LogP contribution in [0, 0.1) is 6.92 Å². The molecule has 2 aromatic rings. The summed E-state index contributed by atoms with van der Waals surface area (Å²) < 4.78 is 5.34. The van der Waals surface area contributed by atoms with E-state index in [-0.39, 0.29) is 12.2 Å². The molecular formula is C17H15N2O4-. The topological polar surface area (TPSA) is 90.8 Å². The number of carboxylic acid groups (broad SMARTS) is 1. The van der Waals surface area contributed by atoms with E-state index in [4.69, 9.17) is 4.74 Å². The average Bonchev–Trinajstić information content (AvgIpc) is 2.53. The van der Waals surface area contributed by atoms with Gasteiger partial charge in [-0.3, -0.25) is 4.79 Å². The lowest BCUT2D eigenvalue weighted by atomic mass is 10.1. The Labute approximate surface area is 133 Å². The minimum Gasteiger partial charge on any atom is -0.545 e. The maximum Gasteiger partial charge on any atom is 0.277 e. The van der Waals surface area contributed by atoms with Gasteiger partial charge in [0, 0.05) is 0 Å². The molecule has 0 aliphatic carbocycles. The summed E-state index contributed by atoms with van der Waals surface area (Å²) in [6.45, 7) is 1.79. The van der Waals surface area contributed by atoms with Crippen molar-refractivity contribution in [1.82, 2.24) is 5.43 Å². The third-order valence-corrected chi connectivity index (χ3v) is 2.91. The van der Waals surface area contributed by atoms with Gasteiger partial charge in [-0.15, -0.1) is 0 Å². The second-order valence-electron chi connectivity index (χ2n) is 4.81. The normalized spacial score (nSPS) is 10.5. The van der Waals surface area contributed by atoms with E-state index in [0.717, 1.165) is 5.56 Å². The van der Waals surface area contributed by atoms with Crippen LogP contribution in [0.4, 0.5) is 0 Å². The van der Waals surface area contributed by atoms with Gasteiger partial charge in [0.2, 0.25) is 0 Å². The van der Waals surface area contributed by atoms with E-state index >= 15 is 0 Å². The predicted molar refractivity (Wildman–Crippen MR) is 83.2 cm³/mol. The summed E-state index contributed by atoms with van der Waals surface area (Å²) in [5.74, 6) is -1.02. The molecule has 0 saturated heterocycles. The van der Waals surface area contributed by atoms with Crippen LogP contribution in [0.3, 0.4) is 0 Å². The molecule has 118 valence electrons. The van der Waals surface area contributed by atoms with Crippen LogP contribution in [0.1, 0.15) is 21.5 Å². The maximum atomic E-state index is 11.6. The van der Waals surface area contributed by atoms with Crippen LogP contribution in [0.5, 0.6) is 5.75 Å². The highest BCUT2D eigenvalue weighted by Crippen LogP contribution is 2.11. The number of aryl methyl sites for hydroxylation is 1. The van der Waals surface area contributed by atoms with E-state index in [9.17, 15) is 14.7 Å². The zero-order valence-electron chi connectivity index (χ0n) is 12.5. The first-order valence-corrected chi connectivity index (χ1v) is 6.87. The number of carbonyl (C=O) groups is 2. The zero-order valence-corrected chi connectivity index (χ0v) is 12.5. The Morgan fingerprint density at radius 3 is 2.61 bits per heavy atom. The third-order valence-electron chi connectivity index (χ3n) is 2.91. The van der Waals surface area contributed by atoms with Gasteiger partial charge in [0.25, 0.3) is 5.91 Å². The Morgan fingerprint density at radius 1 is 1.22 bits per heavy atom. The fraction of sp³-hybridized carbons (Fsp3) is 0.118. The molecule has 0 spiro atoms. The van der Waals surface area contributed by atoms with Gasteiger partial charge >= 0.3 is 0 Å². The van der Waals surface area contributed by atoms with Crippen LogP contribution in [-0.4, -0.2) is 24.7 Å². The van der Waals surface area contributed by atoms with E-state index in [0.29, 0.717) is 11.3 Å². The van der Waals surface area contributed by atoms with Gasteiger partial charge in [0.05, 0.1) is 12.2 Å². The van der Waals surface area contributed by atoms with E-state index in [2.05, 4.69) is 10.5 Å². The molecule has 0 aliphatic rings. The molecule has 2 rings (SSSR count). The molecule has 0 atom stereocenters. The van der Waals surface area contributed by atoms with Crippen molar-refractivity contribution >= 4 is 18.1 Å². The molecule has 0 bridgehead atoms. The second kappa shape index (κ2) is 7.74. The van der Waals surface area contributed by atoms with Gasteiger partial charge in [-0.2, -0.15) is 5.10 Å². The molecule has 0 aromatic heterocycles. The van der Waals surface area contributed by atoms with E-state index in [1.165, 1.54) is 18.3 Å². The second-order valence-corrected chi connectivity index (χ2v) is 4.81. The molecule has 23 heavy (non-hydrogen) atoms. The fourth-order valence-corrected chi connectivity index (χ4v) is 1.77. The number of hydrogen-bond donors (Lipinski definition) is 1. The van der Waals surface area contributed by atoms with Gasteiger partial charge < -0.3 is 14.6 Å². The monoisotopic (exact) mass is 311 g/mol. The van der Waals surface area contributed by atoms with Crippen molar-refractivity contribution in [2.45, 2.75) is 6.92 Å². The highest BCUT2D eigenvalue weighted by atomic mass is 16.5. The van der Waals surface area contributed by atoms with Gasteiger partial charge in [-0.1, -0.05) is 36.4 Å². The average molecular weight is 311 g/mol. The van der Waals surface area contributed by atoms with Crippen molar-refractivity contribution < 1.29 is 19.4 Å². The first-order chi connectivity index (χ1) is 11.0. The van der Waals surface area contributed by atoms with Crippen LogP contribution in [0.15, 0.2) is 53.6 Å². The van der Waals surface area contributed by atoms with Gasteiger partial charge in [0.15, 0.2) is 6.61 Å². The molecule has 1 amide bonds. The lowest BCUT2D eigenvalue weighted by Gasteiger charge is -2.05. The molecule has 0 heterocycles. The smallest absolute Gasteiger partial charge is 0.277 e. The minimum atomic E-state index is -1.24. The van der Waals surface area contributed by atoms with Crippen molar-refractivity contribution in [3.63, 3.8) is 0 Å². The molecular weight excluding hydrogens is 296 g/mol. The summed E-state index contributed by atoms with van der Waals surface area (Å²) in [7, 11) is 0. The number of hydrazone groups is 1. The summed E-state index contributed by atoms with van der Waals surface area (Å²) >= 11 is 0. The van der Waals surface area contributed by atoms with Gasteiger partial charge in [-0.25, -0.2) is 5.43 Å². The van der Waals surface area contributed by atoms with Crippen molar-refractivity contribution in [2.75, 3.05) is 6.61 Å².